The van der Waals surface area contributed by atoms with Gasteiger partial charge in [-0.1, -0.05) is 46.8 Å². The molecule has 1 heterocycles. The fourth-order valence-electron chi connectivity index (χ4n) is 3.90. The molecule has 9 heteroatoms. The molecule has 36 heavy (non-hydrogen) atoms. The van der Waals surface area contributed by atoms with Gasteiger partial charge in [0.05, 0.1) is 25.1 Å². The van der Waals surface area contributed by atoms with Crippen molar-refractivity contribution in [3.8, 4) is 11.3 Å². The summed E-state index contributed by atoms with van der Waals surface area (Å²) in [6.07, 6.45) is 2.64. The molecule has 186 valence electrons. The van der Waals surface area contributed by atoms with Crippen molar-refractivity contribution < 1.29 is 26.8 Å². The van der Waals surface area contributed by atoms with Gasteiger partial charge in [-0.15, -0.1) is 0 Å². The SMILES string of the molecule is C=Cc1cc2c(C(=O)OCC)c(-c3ccc(F)cc3)oc2cc1N(Cc1ccccc1Br)S(C)(=O)=O. The highest BCUT2D eigenvalue weighted by atomic mass is 79.9. The third-order valence-corrected chi connectivity index (χ3v) is 7.48. The maximum absolute atomic E-state index is 13.5. The van der Waals surface area contributed by atoms with Crippen molar-refractivity contribution in [1.82, 2.24) is 0 Å². The molecule has 0 aliphatic rings. The highest BCUT2D eigenvalue weighted by Crippen LogP contribution is 2.39. The molecule has 0 saturated carbocycles. The van der Waals surface area contributed by atoms with Crippen LogP contribution in [0.4, 0.5) is 10.1 Å². The number of anilines is 1. The van der Waals surface area contributed by atoms with Gasteiger partial charge in [-0.2, -0.15) is 0 Å². The number of rotatable bonds is 8. The van der Waals surface area contributed by atoms with Gasteiger partial charge in [0.25, 0.3) is 0 Å². The minimum absolute atomic E-state index is 0.0584. The third kappa shape index (κ3) is 5.08. The molecule has 4 aromatic rings. The van der Waals surface area contributed by atoms with Gasteiger partial charge in [0, 0.05) is 21.5 Å². The molecule has 0 unspecified atom stereocenters. The number of carbonyl (C=O) groups excluding carboxylic acids is 1. The Bertz CT molecular complexity index is 1560. The second-order valence-corrected chi connectivity index (χ2v) is 10.8. The number of halogens is 2. The van der Waals surface area contributed by atoms with Crippen LogP contribution in [0.15, 0.2) is 76.1 Å². The molecule has 1 aromatic heterocycles. The Morgan fingerprint density at radius 1 is 1.17 bits per heavy atom. The van der Waals surface area contributed by atoms with E-state index in [1.54, 1.807) is 19.1 Å². The van der Waals surface area contributed by atoms with Gasteiger partial charge in [0.1, 0.15) is 22.7 Å². The number of fused-ring (bicyclic) bond motifs is 1. The quantitative estimate of drug-likeness (QED) is 0.218. The minimum Gasteiger partial charge on any atom is -0.462 e. The van der Waals surface area contributed by atoms with E-state index in [0.717, 1.165) is 16.3 Å². The van der Waals surface area contributed by atoms with Crippen molar-refractivity contribution in [3.63, 3.8) is 0 Å². The largest absolute Gasteiger partial charge is 0.462 e. The predicted molar refractivity (Wildman–Crippen MR) is 143 cm³/mol. The minimum atomic E-state index is -3.73. The summed E-state index contributed by atoms with van der Waals surface area (Å²) < 4.78 is 52.7. The first kappa shape index (κ1) is 25.7. The number of esters is 1. The normalized spacial score (nSPS) is 11.4. The molecule has 0 fully saturated rings. The highest BCUT2D eigenvalue weighted by Gasteiger charge is 2.27. The summed E-state index contributed by atoms with van der Waals surface area (Å²) in [4.78, 5) is 12.9. The summed E-state index contributed by atoms with van der Waals surface area (Å²) in [6.45, 7) is 5.75. The standard InChI is InChI=1S/C27H23BrFNO5S/c1-4-17-14-21-24(15-23(17)30(36(3,32)33)16-19-8-6-7-9-22(19)28)35-26(25(21)27(31)34-5-2)18-10-12-20(29)13-11-18/h4,6-15H,1,5,16H2,2-3H3. The number of nitrogens with zero attached hydrogens (tertiary/aromatic N) is 1. The van der Waals surface area contributed by atoms with E-state index in [1.807, 2.05) is 24.3 Å². The number of carbonyl (C=O) groups is 1. The first-order valence-corrected chi connectivity index (χ1v) is 13.6. The molecular weight excluding hydrogens is 549 g/mol. The fraction of sp³-hybridized carbons (Fsp3) is 0.148. The zero-order valence-electron chi connectivity index (χ0n) is 19.6. The lowest BCUT2D eigenvalue weighted by molar-refractivity contribution is 0.0528. The monoisotopic (exact) mass is 571 g/mol. The fourth-order valence-corrected chi connectivity index (χ4v) is 5.20. The van der Waals surface area contributed by atoms with Crippen LogP contribution in [0.3, 0.4) is 0 Å². The Hall–Kier alpha value is -3.43. The molecule has 6 nitrogen and oxygen atoms in total. The van der Waals surface area contributed by atoms with E-state index in [-0.39, 0.29) is 30.1 Å². The summed E-state index contributed by atoms with van der Waals surface area (Å²) in [6, 6.07) is 16.1. The highest BCUT2D eigenvalue weighted by molar-refractivity contribution is 9.10. The molecule has 0 bridgehead atoms. The molecule has 0 N–H and O–H groups in total. The van der Waals surface area contributed by atoms with Gasteiger partial charge < -0.3 is 9.15 Å². The van der Waals surface area contributed by atoms with Gasteiger partial charge in [-0.3, -0.25) is 4.31 Å². The molecule has 0 spiro atoms. The van der Waals surface area contributed by atoms with Crippen LogP contribution in [0.1, 0.15) is 28.4 Å². The van der Waals surface area contributed by atoms with E-state index >= 15 is 0 Å². The first-order valence-electron chi connectivity index (χ1n) is 11.0. The van der Waals surface area contributed by atoms with E-state index in [0.29, 0.717) is 22.2 Å². The molecule has 4 rings (SSSR count). The number of hydrogen-bond acceptors (Lipinski definition) is 5. The molecule has 0 aliphatic carbocycles. The van der Waals surface area contributed by atoms with Crippen LogP contribution in [0, 0.1) is 5.82 Å². The third-order valence-electron chi connectivity index (χ3n) is 5.58. The number of benzene rings is 3. The molecule has 3 aromatic carbocycles. The summed E-state index contributed by atoms with van der Waals surface area (Å²) in [5.74, 6) is -0.835. The maximum Gasteiger partial charge on any atom is 0.342 e. The van der Waals surface area contributed by atoms with Gasteiger partial charge in [0.2, 0.25) is 10.0 Å². The Morgan fingerprint density at radius 3 is 2.47 bits per heavy atom. The summed E-state index contributed by atoms with van der Waals surface area (Å²) in [7, 11) is -3.73. The van der Waals surface area contributed by atoms with E-state index in [9.17, 15) is 17.6 Å². The predicted octanol–water partition coefficient (Wildman–Crippen LogP) is 6.79. The van der Waals surface area contributed by atoms with Crippen LogP contribution >= 0.6 is 15.9 Å². The van der Waals surface area contributed by atoms with Crippen LogP contribution in [0.2, 0.25) is 0 Å². The van der Waals surface area contributed by atoms with Gasteiger partial charge in [-0.05, 0) is 54.4 Å². The van der Waals surface area contributed by atoms with Crippen molar-refractivity contribution in [2.24, 2.45) is 0 Å². The number of ether oxygens (including phenoxy) is 1. The maximum atomic E-state index is 13.5. The van der Waals surface area contributed by atoms with E-state index in [2.05, 4.69) is 22.5 Å². The molecule has 0 radical (unpaired) electrons. The van der Waals surface area contributed by atoms with Crippen LogP contribution in [-0.2, 0) is 21.3 Å². The van der Waals surface area contributed by atoms with Crippen LogP contribution in [0.25, 0.3) is 28.4 Å². The zero-order valence-corrected chi connectivity index (χ0v) is 22.0. The topological polar surface area (TPSA) is 76.8 Å². The Morgan fingerprint density at radius 2 is 1.86 bits per heavy atom. The lowest BCUT2D eigenvalue weighted by Gasteiger charge is -2.25. The second kappa shape index (κ2) is 10.3. The number of furan rings is 1. The van der Waals surface area contributed by atoms with E-state index in [4.69, 9.17) is 9.15 Å². The summed E-state index contributed by atoms with van der Waals surface area (Å²) in [5.41, 5.74) is 2.51. The average Bonchev–Trinajstić information content (AvgIpc) is 3.21. The van der Waals surface area contributed by atoms with E-state index < -0.39 is 21.8 Å². The van der Waals surface area contributed by atoms with Crippen molar-refractivity contribution in [3.05, 3.63) is 94.2 Å². The van der Waals surface area contributed by atoms with Gasteiger partial charge in [-0.25, -0.2) is 17.6 Å². The van der Waals surface area contributed by atoms with Gasteiger partial charge >= 0.3 is 5.97 Å². The van der Waals surface area contributed by atoms with Crippen molar-refractivity contribution in [2.75, 3.05) is 17.2 Å². The summed E-state index contributed by atoms with van der Waals surface area (Å²) in [5, 5.41) is 0.431. The lowest BCUT2D eigenvalue weighted by atomic mass is 10.0. The molecule has 0 amide bonds. The van der Waals surface area contributed by atoms with Crippen LogP contribution < -0.4 is 4.31 Å². The second-order valence-electron chi connectivity index (χ2n) is 8.01. The smallest absolute Gasteiger partial charge is 0.342 e. The zero-order chi connectivity index (χ0) is 26.0. The number of sulfonamides is 1. The van der Waals surface area contributed by atoms with Crippen LogP contribution in [-0.4, -0.2) is 27.2 Å². The lowest BCUT2D eigenvalue weighted by Crippen LogP contribution is -2.30. The van der Waals surface area contributed by atoms with E-state index in [1.165, 1.54) is 34.6 Å². The van der Waals surface area contributed by atoms with Crippen molar-refractivity contribution in [2.45, 2.75) is 13.5 Å². The summed E-state index contributed by atoms with van der Waals surface area (Å²) >= 11 is 3.48. The molecule has 0 aliphatic heterocycles. The average molecular weight is 572 g/mol. The Labute approximate surface area is 217 Å². The first-order chi connectivity index (χ1) is 17.1. The molecule has 0 atom stereocenters. The van der Waals surface area contributed by atoms with Crippen LogP contribution in [0.5, 0.6) is 0 Å². The molecular formula is C27H23BrFNO5S. The Balaban J connectivity index is 1.96. The molecule has 0 saturated heterocycles. The van der Waals surface area contributed by atoms with Crippen molar-refractivity contribution >= 4 is 54.7 Å². The Kier molecular flexibility index (Phi) is 7.33. The van der Waals surface area contributed by atoms with Crippen molar-refractivity contribution in [1.29, 1.82) is 0 Å². The van der Waals surface area contributed by atoms with Gasteiger partial charge in [0.15, 0.2) is 0 Å². The number of hydrogen-bond donors (Lipinski definition) is 0.